The lowest BCUT2D eigenvalue weighted by Crippen LogP contribution is -2.36. The molecule has 3 rings (SSSR count). The van der Waals surface area contributed by atoms with Crippen LogP contribution in [0.2, 0.25) is 0 Å². The first-order valence-electron chi connectivity index (χ1n) is 8.93. The molecule has 2 heterocycles. The Balaban J connectivity index is 1.82. The molecule has 0 amide bonds. The normalized spacial score (nSPS) is 17.2. The monoisotopic (exact) mass is 448 g/mol. The molecule has 164 valence electrons. The molecule has 1 fully saturated rings. The molecule has 0 aliphatic carbocycles. The van der Waals surface area contributed by atoms with Gasteiger partial charge >= 0.3 is 5.51 Å². The topological polar surface area (TPSA) is 119 Å². The highest BCUT2D eigenvalue weighted by molar-refractivity contribution is 7.92. The van der Waals surface area contributed by atoms with Gasteiger partial charge in [-0.25, -0.2) is 13.4 Å². The summed E-state index contributed by atoms with van der Waals surface area (Å²) in [7, 11) is -3.94. The van der Waals surface area contributed by atoms with Crippen molar-refractivity contribution in [2.24, 2.45) is 13.0 Å². The summed E-state index contributed by atoms with van der Waals surface area (Å²) in [6.07, 6.45) is 3.38. The van der Waals surface area contributed by atoms with Crippen LogP contribution in [0, 0.1) is 16.0 Å². The Hall–Kier alpha value is -2.67. The lowest BCUT2D eigenvalue weighted by atomic mass is 9.90. The number of aromatic nitrogens is 2. The molecule has 1 aromatic carbocycles. The summed E-state index contributed by atoms with van der Waals surface area (Å²) in [6.45, 7) is 0.608. The zero-order valence-electron chi connectivity index (χ0n) is 15.8. The fourth-order valence-corrected chi connectivity index (χ4v) is 4.33. The largest absolute Gasteiger partial charge is 0.501 e. The van der Waals surface area contributed by atoms with Crippen molar-refractivity contribution in [3.63, 3.8) is 0 Å². The minimum atomic E-state index is -5.69. The van der Waals surface area contributed by atoms with Crippen LogP contribution in [0.15, 0.2) is 35.5 Å². The molecular weight excluding hydrogens is 429 g/mol. The minimum Gasteiger partial charge on any atom is -0.385 e. The minimum absolute atomic E-state index is 0.0334. The van der Waals surface area contributed by atoms with E-state index in [1.807, 2.05) is 0 Å². The van der Waals surface area contributed by atoms with Crippen molar-refractivity contribution < 1.29 is 31.6 Å². The summed E-state index contributed by atoms with van der Waals surface area (Å²) in [5.41, 5.74) is -6.24. The first kappa shape index (κ1) is 22.0. The van der Waals surface area contributed by atoms with E-state index in [1.165, 1.54) is 0 Å². The Labute approximate surface area is 169 Å². The van der Waals surface area contributed by atoms with E-state index in [0.29, 0.717) is 37.8 Å². The van der Waals surface area contributed by atoms with Gasteiger partial charge in [0.1, 0.15) is 17.6 Å². The molecule has 0 saturated carbocycles. The average Bonchev–Trinajstić information content (AvgIpc) is 3.12. The van der Waals surface area contributed by atoms with Crippen LogP contribution in [0.4, 0.5) is 24.5 Å². The lowest BCUT2D eigenvalue weighted by molar-refractivity contribution is -0.384. The summed E-state index contributed by atoms with van der Waals surface area (Å²) in [4.78, 5) is 15.1. The highest BCUT2D eigenvalue weighted by Gasteiger charge is 2.47. The van der Waals surface area contributed by atoms with Gasteiger partial charge in [-0.15, -0.1) is 0 Å². The van der Waals surface area contributed by atoms with Crippen molar-refractivity contribution >= 4 is 21.2 Å². The first-order valence-corrected chi connectivity index (χ1v) is 10.4. The maximum absolute atomic E-state index is 12.8. The van der Waals surface area contributed by atoms with E-state index in [2.05, 4.69) is 4.98 Å². The second kappa shape index (κ2) is 7.87. The van der Waals surface area contributed by atoms with E-state index in [-0.39, 0.29) is 11.6 Å². The number of aryl methyl sites for hydroxylation is 1. The van der Waals surface area contributed by atoms with Gasteiger partial charge in [-0.3, -0.25) is 10.1 Å². The maximum Gasteiger partial charge on any atom is 0.501 e. The highest BCUT2D eigenvalue weighted by Crippen LogP contribution is 2.38. The summed E-state index contributed by atoms with van der Waals surface area (Å²) in [6, 6.07) is 2.18. The van der Waals surface area contributed by atoms with Gasteiger partial charge in [0.2, 0.25) is 0 Å². The number of anilines is 1. The number of nitrogens with zero attached hydrogens (tertiary/aromatic N) is 4. The summed E-state index contributed by atoms with van der Waals surface area (Å²) >= 11 is 0. The number of benzene rings is 1. The van der Waals surface area contributed by atoms with Crippen LogP contribution in [-0.4, -0.2) is 46.6 Å². The van der Waals surface area contributed by atoms with Gasteiger partial charge < -0.3 is 14.6 Å². The van der Waals surface area contributed by atoms with Gasteiger partial charge in [-0.2, -0.15) is 13.2 Å². The van der Waals surface area contributed by atoms with Gasteiger partial charge in [-0.1, -0.05) is 0 Å². The van der Waals surface area contributed by atoms with Gasteiger partial charge in [-0.05, 0) is 30.9 Å². The standard InChI is InChI=1S/C17H19F3N4O5S/c1-22-9-6-21-16(22)15(25)11-4-7-23(8-5-11)13-3-2-12(10-14(13)24(26)27)30(28,29)17(18,19)20/h2-3,6,9-11,15,25H,4-5,7-8H2,1H3. The number of alkyl halides is 3. The molecule has 0 radical (unpaired) electrons. The SMILES string of the molecule is Cn1ccnc1C(O)C1CCN(c2ccc(S(=O)(=O)C(F)(F)F)cc2[N+](=O)[O-])CC1. The predicted molar refractivity (Wildman–Crippen MR) is 99.4 cm³/mol. The Morgan fingerprint density at radius 3 is 2.43 bits per heavy atom. The first-order chi connectivity index (χ1) is 13.9. The van der Waals surface area contributed by atoms with Crippen LogP contribution >= 0.6 is 0 Å². The molecule has 0 spiro atoms. The second-order valence-corrected chi connectivity index (χ2v) is 8.96. The second-order valence-electron chi connectivity index (χ2n) is 7.02. The molecule has 1 aromatic heterocycles. The third-order valence-corrected chi connectivity index (χ3v) is 6.69. The summed E-state index contributed by atoms with van der Waals surface area (Å²) in [5.74, 6) is 0.354. The number of imidazole rings is 1. The molecule has 9 nitrogen and oxygen atoms in total. The van der Waals surface area contributed by atoms with E-state index in [1.54, 1.807) is 28.9 Å². The number of aliphatic hydroxyl groups excluding tert-OH is 1. The molecule has 1 unspecified atom stereocenters. The third-order valence-electron chi connectivity index (χ3n) is 5.21. The Bertz CT molecular complexity index is 1050. The van der Waals surface area contributed by atoms with E-state index < -0.39 is 37.0 Å². The van der Waals surface area contributed by atoms with E-state index in [4.69, 9.17) is 0 Å². The van der Waals surface area contributed by atoms with Crippen molar-refractivity contribution in [3.8, 4) is 0 Å². The molecular formula is C17H19F3N4O5S. The van der Waals surface area contributed by atoms with Crippen molar-refractivity contribution in [1.29, 1.82) is 0 Å². The molecule has 1 saturated heterocycles. The van der Waals surface area contributed by atoms with E-state index in [9.17, 15) is 36.8 Å². The van der Waals surface area contributed by atoms with Crippen molar-refractivity contribution in [3.05, 3.63) is 46.5 Å². The quantitative estimate of drug-likeness (QED) is 0.552. The Morgan fingerprint density at radius 1 is 1.30 bits per heavy atom. The van der Waals surface area contributed by atoms with E-state index >= 15 is 0 Å². The number of nitro benzene ring substituents is 1. The van der Waals surface area contributed by atoms with Gasteiger partial charge in [0.05, 0.1) is 9.82 Å². The van der Waals surface area contributed by atoms with Gasteiger partial charge in [0.25, 0.3) is 15.5 Å². The molecule has 1 aliphatic heterocycles. The molecule has 30 heavy (non-hydrogen) atoms. The lowest BCUT2D eigenvalue weighted by Gasteiger charge is -2.35. The fourth-order valence-electron chi connectivity index (χ4n) is 3.55. The average molecular weight is 448 g/mol. The Kier molecular flexibility index (Phi) is 5.78. The number of piperidine rings is 1. The van der Waals surface area contributed by atoms with Crippen LogP contribution in [0.25, 0.3) is 0 Å². The van der Waals surface area contributed by atoms with Crippen LogP contribution in [0.3, 0.4) is 0 Å². The molecule has 1 aliphatic rings. The van der Waals surface area contributed by atoms with Gasteiger partial charge in [0, 0.05) is 38.6 Å². The maximum atomic E-state index is 12.8. The zero-order valence-corrected chi connectivity index (χ0v) is 16.6. The van der Waals surface area contributed by atoms with E-state index in [0.717, 1.165) is 12.1 Å². The smallest absolute Gasteiger partial charge is 0.385 e. The number of halogens is 3. The van der Waals surface area contributed by atoms with Crippen molar-refractivity contribution in [2.45, 2.75) is 29.3 Å². The number of hydrogen-bond donors (Lipinski definition) is 1. The summed E-state index contributed by atoms with van der Waals surface area (Å²) < 4.78 is 63.2. The molecule has 13 heteroatoms. The molecule has 1 N–H and O–H groups in total. The number of nitro groups is 1. The number of rotatable bonds is 5. The Morgan fingerprint density at radius 2 is 1.93 bits per heavy atom. The number of hydrogen-bond acceptors (Lipinski definition) is 7. The number of sulfone groups is 1. The highest BCUT2D eigenvalue weighted by atomic mass is 32.2. The van der Waals surface area contributed by atoms with Crippen molar-refractivity contribution in [2.75, 3.05) is 18.0 Å². The molecule has 2 aromatic rings. The molecule has 0 bridgehead atoms. The zero-order chi connectivity index (χ0) is 22.3. The van der Waals surface area contributed by atoms with Crippen LogP contribution in [0.5, 0.6) is 0 Å². The van der Waals surface area contributed by atoms with Crippen LogP contribution in [0.1, 0.15) is 24.8 Å². The predicted octanol–water partition coefficient (Wildman–Crippen LogP) is 2.57. The summed E-state index contributed by atoms with van der Waals surface area (Å²) in [5, 5.41) is 21.9. The van der Waals surface area contributed by atoms with Crippen molar-refractivity contribution in [1.82, 2.24) is 9.55 Å². The number of aliphatic hydroxyl groups is 1. The molecule has 1 atom stereocenters. The van der Waals surface area contributed by atoms with Gasteiger partial charge in [0.15, 0.2) is 0 Å². The fraction of sp³-hybridized carbons (Fsp3) is 0.471. The van der Waals surface area contributed by atoms with Crippen LogP contribution in [-0.2, 0) is 16.9 Å². The van der Waals surface area contributed by atoms with Crippen LogP contribution < -0.4 is 4.90 Å². The third kappa shape index (κ3) is 3.99.